The molecule has 0 unspecified atom stereocenters. The Morgan fingerprint density at radius 1 is 0.250 bits per heavy atom. The second-order valence-corrected chi connectivity index (χ2v) is 18.5. The van der Waals surface area contributed by atoms with E-state index in [-0.39, 0.29) is 23.5 Å². The molecule has 15 rings (SSSR count). The summed E-state index contributed by atoms with van der Waals surface area (Å²) in [6.07, 6.45) is 0.250. The molecule has 6 aliphatic rings. The van der Waals surface area contributed by atoms with E-state index in [1.165, 1.54) is 65.7 Å². The Morgan fingerprint density at radius 2 is 0.486 bits per heavy atom. The third-order valence-electron chi connectivity index (χ3n) is 14.8. The number of rotatable bonds is 3. The van der Waals surface area contributed by atoms with Crippen LogP contribution >= 0.6 is 0 Å². The van der Waals surface area contributed by atoms with Gasteiger partial charge in [0, 0.05) is 50.2 Å². The van der Waals surface area contributed by atoms with E-state index in [4.69, 9.17) is 9.59 Å². The number of hydrogen-bond donors (Lipinski definition) is 0. The summed E-state index contributed by atoms with van der Waals surface area (Å²) in [4.78, 5) is 55.0. The molecular weight excluding hydrogens is 885 g/mol. The van der Waals surface area contributed by atoms with Crippen LogP contribution in [0.15, 0.2) is 217 Å². The maximum atomic E-state index is 13.7. The molecule has 0 saturated carbocycles. The number of hydrogen-bond acceptors (Lipinski definition) is 5. The van der Waals surface area contributed by atoms with Crippen molar-refractivity contribution >= 4 is 106 Å². The first-order chi connectivity index (χ1) is 35.2. The van der Waals surface area contributed by atoms with E-state index in [1.54, 1.807) is 0 Å². The minimum atomic E-state index is 0.119. The lowest BCUT2D eigenvalue weighted by Gasteiger charge is -2.09. The van der Waals surface area contributed by atoms with Gasteiger partial charge in [0.15, 0.2) is 17.3 Å². The minimum absolute atomic E-state index is 0.119. The SMILES string of the molecule is CC1=C2C(=C(C)C1=O)c1cccc3cccc2c13.CC1=C2C(=C(c3ccccc3)C1=O)c1cccc3cccc2c13.O=C1C(c2ccccc2)=C2C(=C1c1ccccc1)c1cccc3cccc2c13.O=C=O. The topological polar surface area (TPSA) is 85.3 Å². The second kappa shape index (κ2) is 17.2. The zero-order valence-corrected chi connectivity index (χ0v) is 39.6. The molecule has 6 aliphatic carbocycles. The van der Waals surface area contributed by atoms with Crippen molar-refractivity contribution in [2.75, 3.05) is 0 Å². The predicted octanol–water partition coefficient (Wildman–Crippen LogP) is 14.8. The second-order valence-electron chi connectivity index (χ2n) is 18.5. The van der Waals surface area contributed by atoms with Gasteiger partial charge in [0.25, 0.3) is 0 Å². The first-order valence-corrected chi connectivity index (χ1v) is 24.0. The lowest BCUT2D eigenvalue weighted by molar-refractivity contribution is -0.191. The molecular formula is C67H42O5. The van der Waals surface area contributed by atoms with Gasteiger partial charge in [0.1, 0.15) is 0 Å². The zero-order valence-electron chi connectivity index (χ0n) is 39.6. The molecule has 72 heavy (non-hydrogen) atoms. The van der Waals surface area contributed by atoms with Crippen LogP contribution in [0.2, 0.25) is 0 Å². The monoisotopic (exact) mass is 926 g/mol. The lowest BCUT2D eigenvalue weighted by atomic mass is 9.93. The Hall–Kier alpha value is -9.41. The molecule has 0 radical (unpaired) electrons. The molecule has 0 saturated heterocycles. The highest BCUT2D eigenvalue weighted by Gasteiger charge is 2.41. The van der Waals surface area contributed by atoms with Gasteiger partial charge in [-0.3, -0.25) is 14.4 Å². The van der Waals surface area contributed by atoms with E-state index >= 15 is 0 Å². The van der Waals surface area contributed by atoms with Crippen LogP contribution in [0, 0.1) is 0 Å². The van der Waals surface area contributed by atoms with Crippen molar-refractivity contribution in [2.45, 2.75) is 20.8 Å². The summed E-state index contributed by atoms with van der Waals surface area (Å²) in [5.74, 6) is 0.480. The number of ketones is 3. The quantitative estimate of drug-likeness (QED) is 0.176. The largest absolute Gasteiger partial charge is 0.373 e. The third-order valence-corrected chi connectivity index (χ3v) is 14.8. The normalized spacial score (nSPS) is 15.2. The summed E-state index contributed by atoms with van der Waals surface area (Å²) in [5, 5.41) is 7.55. The molecule has 0 aromatic heterocycles. The van der Waals surface area contributed by atoms with Crippen LogP contribution in [-0.4, -0.2) is 23.5 Å². The summed E-state index contributed by atoms with van der Waals surface area (Å²) in [6.45, 7) is 5.84. The summed E-state index contributed by atoms with van der Waals surface area (Å²) >= 11 is 0. The molecule has 5 nitrogen and oxygen atoms in total. The van der Waals surface area contributed by atoms with E-state index < -0.39 is 0 Å². The number of Topliss-reactive ketones (excluding diaryl/α,β-unsaturated/α-hetero) is 3. The molecule has 0 fully saturated rings. The molecule has 0 aliphatic heterocycles. The van der Waals surface area contributed by atoms with Gasteiger partial charge < -0.3 is 0 Å². The number of carbonyl (C=O) groups is 3. The maximum Gasteiger partial charge on any atom is 0.373 e. The molecule has 9 aromatic carbocycles. The minimum Gasteiger partial charge on any atom is -0.289 e. The van der Waals surface area contributed by atoms with Gasteiger partial charge in [-0.05, 0) is 120 Å². The molecule has 0 spiro atoms. The van der Waals surface area contributed by atoms with E-state index in [9.17, 15) is 14.4 Å². The van der Waals surface area contributed by atoms with Gasteiger partial charge in [-0.25, -0.2) is 0 Å². The van der Waals surface area contributed by atoms with Crippen molar-refractivity contribution in [1.29, 1.82) is 0 Å². The highest BCUT2D eigenvalue weighted by molar-refractivity contribution is 6.61. The first-order valence-electron chi connectivity index (χ1n) is 24.0. The van der Waals surface area contributed by atoms with Gasteiger partial charge >= 0.3 is 6.15 Å². The third kappa shape index (κ3) is 6.45. The molecule has 5 heteroatoms. The van der Waals surface area contributed by atoms with Crippen molar-refractivity contribution in [3.8, 4) is 0 Å². The van der Waals surface area contributed by atoms with Crippen molar-refractivity contribution in [3.63, 3.8) is 0 Å². The zero-order chi connectivity index (χ0) is 49.4. The van der Waals surface area contributed by atoms with Crippen LogP contribution < -0.4 is 0 Å². The van der Waals surface area contributed by atoms with Crippen LogP contribution in [0.4, 0.5) is 0 Å². The Balaban J connectivity index is 0.000000110. The summed E-state index contributed by atoms with van der Waals surface area (Å²) < 4.78 is 0. The molecule has 340 valence electrons. The average molecular weight is 927 g/mol. The molecule has 0 atom stereocenters. The maximum absolute atomic E-state index is 13.7. The number of carbonyl (C=O) groups excluding carboxylic acids is 5. The van der Waals surface area contributed by atoms with Crippen molar-refractivity contribution in [3.05, 3.63) is 267 Å². The van der Waals surface area contributed by atoms with Crippen LogP contribution in [-0.2, 0) is 24.0 Å². The summed E-state index contributed by atoms with van der Waals surface area (Å²) in [5.41, 5.74) is 22.0. The molecule has 0 bridgehead atoms. The average Bonchev–Trinajstić information content (AvgIpc) is 4.22. The Morgan fingerprint density at radius 3 is 0.792 bits per heavy atom. The Bertz CT molecular complexity index is 3980. The van der Waals surface area contributed by atoms with Crippen LogP contribution in [0.25, 0.3) is 82.5 Å². The van der Waals surface area contributed by atoms with Gasteiger partial charge in [-0.15, -0.1) is 0 Å². The fraction of sp³-hybridized carbons (Fsp3) is 0.0448. The molecule has 0 N–H and O–H groups in total. The van der Waals surface area contributed by atoms with Crippen molar-refractivity contribution < 1.29 is 24.0 Å². The highest BCUT2D eigenvalue weighted by atomic mass is 16.2. The fourth-order valence-corrected chi connectivity index (χ4v) is 11.9. The molecule has 0 heterocycles. The lowest BCUT2D eigenvalue weighted by Crippen LogP contribution is -2.02. The summed E-state index contributed by atoms with van der Waals surface area (Å²) in [6, 6.07) is 68.3. The number of fused-ring (bicyclic) bond motifs is 9. The van der Waals surface area contributed by atoms with Crippen LogP contribution in [0.1, 0.15) is 70.8 Å². The smallest absolute Gasteiger partial charge is 0.289 e. The number of benzene rings is 9. The van der Waals surface area contributed by atoms with Gasteiger partial charge in [-0.2, -0.15) is 9.59 Å². The van der Waals surface area contributed by atoms with E-state index in [0.29, 0.717) is 0 Å². The van der Waals surface area contributed by atoms with Crippen molar-refractivity contribution in [2.24, 2.45) is 0 Å². The standard InChI is InChI=1S/C27H16O.C22H14O.C17H12O.CO2/c28-27-23(18-9-3-1-4-10-18)25-20-15-7-13-17-14-8-16-21(22(17)20)26(25)24(27)19-11-5-2-6-12-19;1-13-18-16-11-5-9-14-10-6-12-17(19(14)16)21(18)20(22(13)23)15-7-3-2-4-8-15;1-9-14-12-7-3-5-11-6-4-8-13(16(11)12)15(14)10(2)17(9)18;2-1-3/h1-16H;2-12H,1H3;3-8H,1-2H3;. The predicted molar refractivity (Wildman–Crippen MR) is 289 cm³/mol. The van der Waals surface area contributed by atoms with Crippen LogP contribution in [0.5, 0.6) is 0 Å². The Kier molecular flexibility index (Phi) is 10.5. The molecule has 0 amide bonds. The molecule has 9 aromatic rings. The number of allylic oxidation sites excluding steroid dienone is 12. The first kappa shape index (κ1) is 43.8. The van der Waals surface area contributed by atoms with Crippen LogP contribution in [0.3, 0.4) is 0 Å². The highest BCUT2D eigenvalue weighted by Crippen LogP contribution is 2.58. The summed E-state index contributed by atoms with van der Waals surface area (Å²) in [7, 11) is 0. The van der Waals surface area contributed by atoms with Gasteiger partial charge in [0.05, 0.1) is 0 Å². The van der Waals surface area contributed by atoms with E-state index in [1.807, 2.05) is 112 Å². The fourth-order valence-electron chi connectivity index (χ4n) is 11.9. The van der Waals surface area contributed by atoms with E-state index in [0.717, 1.165) is 83.6 Å². The van der Waals surface area contributed by atoms with Crippen molar-refractivity contribution in [1.82, 2.24) is 0 Å². The van der Waals surface area contributed by atoms with E-state index in [2.05, 4.69) is 109 Å². The Labute approximate surface area is 415 Å². The van der Waals surface area contributed by atoms with Gasteiger partial charge in [-0.1, -0.05) is 200 Å². The van der Waals surface area contributed by atoms with Gasteiger partial charge in [0.2, 0.25) is 0 Å².